The van der Waals surface area contributed by atoms with Crippen molar-refractivity contribution in [2.45, 2.75) is 96.9 Å². The Morgan fingerprint density at radius 1 is 0.478 bits per heavy atom. The van der Waals surface area contributed by atoms with Crippen LogP contribution in [0.4, 0.5) is 0 Å². The van der Waals surface area contributed by atoms with Gasteiger partial charge in [-0.1, -0.05) is 102 Å². The van der Waals surface area contributed by atoms with Gasteiger partial charge < -0.3 is 0 Å². The lowest BCUT2D eigenvalue weighted by Crippen LogP contribution is -2.47. The van der Waals surface area contributed by atoms with Gasteiger partial charge in [-0.05, 0) is 69.4 Å². The van der Waals surface area contributed by atoms with E-state index in [0.717, 1.165) is 70.8 Å². The van der Waals surface area contributed by atoms with Crippen molar-refractivity contribution in [1.82, 2.24) is 9.91 Å². The number of carbonyl (C=O) groups is 4. The molecule has 0 saturated heterocycles. The molecule has 0 aliphatic carbocycles. The first kappa shape index (κ1) is 30.3. The van der Waals surface area contributed by atoms with Crippen molar-refractivity contribution in [3.8, 4) is 0 Å². The second-order valence-corrected chi connectivity index (χ2v) is 13.2. The van der Waals surface area contributed by atoms with Gasteiger partial charge in [0.15, 0.2) is 0 Å². The Balaban J connectivity index is 1.34. The van der Waals surface area contributed by atoms with E-state index in [4.69, 9.17) is 5.84 Å². The van der Waals surface area contributed by atoms with Gasteiger partial charge in [-0.25, -0.2) is 10.9 Å². The Morgan fingerprint density at radius 3 is 1.20 bits per heavy atom. The standard InChI is InChI=1S/C39H41N3O4/c1-3-5-7-9-11-13-23(14-12-10-8-6-4-2)41-36(43)28-19-15-24-26-17-21-30-35-31(39(46)42(40)38(30)45)22-18-27(33(26)35)25-16-20-29(37(41)44)34(28)32(24)25/h15-23H,3-14,40H2,1-2H3. The molecule has 0 unspecified atom stereocenters. The third kappa shape index (κ3) is 4.58. The first-order valence-electron chi connectivity index (χ1n) is 17.1. The van der Waals surface area contributed by atoms with Crippen molar-refractivity contribution >= 4 is 66.7 Å². The number of unbranched alkanes of at least 4 members (excludes halogenated alkanes) is 8. The van der Waals surface area contributed by atoms with Gasteiger partial charge in [-0.3, -0.25) is 24.1 Å². The predicted molar refractivity (Wildman–Crippen MR) is 183 cm³/mol. The van der Waals surface area contributed by atoms with Crippen LogP contribution in [0.3, 0.4) is 0 Å². The highest BCUT2D eigenvalue weighted by Crippen LogP contribution is 2.46. The van der Waals surface area contributed by atoms with E-state index in [9.17, 15) is 19.2 Å². The zero-order chi connectivity index (χ0) is 32.1. The molecule has 0 saturated carbocycles. The quantitative estimate of drug-likeness (QED) is 0.0356. The number of benzene rings is 5. The molecule has 2 N–H and O–H groups in total. The number of hydrogen-bond acceptors (Lipinski definition) is 5. The van der Waals surface area contributed by atoms with E-state index in [1.54, 1.807) is 17.0 Å². The molecule has 2 aliphatic heterocycles. The van der Waals surface area contributed by atoms with Gasteiger partial charge in [0.1, 0.15) is 0 Å². The summed E-state index contributed by atoms with van der Waals surface area (Å²) in [4.78, 5) is 56.3. The van der Waals surface area contributed by atoms with E-state index in [2.05, 4.69) is 13.8 Å². The highest BCUT2D eigenvalue weighted by atomic mass is 16.2. The number of amides is 4. The molecule has 0 bridgehead atoms. The fourth-order valence-corrected chi connectivity index (χ4v) is 8.01. The van der Waals surface area contributed by atoms with Crippen molar-refractivity contribution < 1.29 is 19.2 Å². The molecule has 0 fully saturated rings. The monoisotopic (exact) mass is 615 g/mol. The normalized spacial score (nSPS) is 14.9. The molecule has 236 valence electrons. The van der Waals surface area contributed by atoms with Gasteiger partial charge in [0.05, 0.1) is 11.1 Å². The van der Waals surface area contributed by atoms with Crippen molar-refractivity contribution in [3.05, 3.63) is 70.8 Å². The van der Waals surface area contributed by atoms with Crippen molar-refractivity contribution in [3.63, 3.8) is 0 Å². The summed E-state index contributed by atoms with van der Waals surface area (Å²) in [6.45, 7) is 4.42. The lowest BCUT2D eigenvalue weighted by Gasteiger charge is -2.35. The van der Waals surface area contributed by atoms with Gasteiger partial charge in [0, 0.05) is 27.9 Å². The minimum atomic E-state index is -0.529. The Hall–Kier alpha value is -4.36. The summed E-state index contributed by atoms with van der Waals surface area (Å²) in [5.41, 5.74) is 1.91. The number of imide groups is 2. The van der Waals surface area contributed by atoms with Crippen LogP contribution in [0.1, 0.15) is 132 Å². The molecule has 0 radical (unpaired) electrons. The van der Waals surface area contributed by atoms with E-state index < -0.39 is 11.8 Å². The van der Waals surface area contributed by atoms with Gasteiger partial charge in [0.25, 0.3) is 23.6 Å². The smallest absolute Gasteiger partial charge is 0.271 e. The molecule has 2 heterocycles. The highest BCUT2D eigenvalue weighted by Gasteiger charge is 2.38. The summed E-state index contributed by atoms with van der Waals surface area (Å²) in [5, 5.41) is 7.19. The van der Waals surface area contributed by atoms with Crippen LogP contribution >= 0.6 is 0 Å². The molecule has 2 aliphatic rings. The first-order chi connectivity index (χ1) is 22.4. The Labute approximate surface area is 269 Å². The van der Waals surface area contributed by atoms with Gasteiger partial charge in [-0.2, -0.15) is 0 Å². The van der Waals surface area contributed by atoms with E-state index in [1.165, 1.54) is 38.5 Å². The maximum Gasteiger partial charge on any atom is 0.275 e. The summed E-state index contributed by atoms with van der Waals surface area (Å²) in [7, 11) is 0. The number of nitrogens with zero attached hydrogens (tertiary/aromatic N) is 2. The molecule has 5 aromatic carbocycles. The van der Waals surface area contributed by atoms with Crippen LogP contribution in [0.25, 0.3) is 43.1 Å². The second kappa shape index (κ2) is 12.1. The van der Waals surface area contributed by atoms with Gasteiger partial charge in [0.2, 0.25) is 0 Å². The van der Waals surface area contributed by atoms with Crippen molar-refractivity contribution in [2.75, 3.05) is 0 Å². The van der Waals surface area contributed by atoms with Crippen molar-refractivity contribution in [2.24, 2.45) is 5.84 Å². The van der Waals surface area contributed by atoms with Crippen LogP contribution in [-0.4, -0.2) is 39.6 Å². The SMILES string of the molecule is CCCCCCCC(CCCCCCC)N1C(=O)c2ccc3c4ccc5c6c(ccc(c7ccc(c2c37)C1=O)c64)C(=O)N(N)C5=O. The zero-order valence-corrected chi connectivity index (χ0v) is 26.8. The van der Waals surface area contributed by atoms with Crippen LogP contribution < -0.4 is 5.84 Å². The Bertz CT molecular complexity index is 1910. The maximum absolute atomic E-state index is 14.3. The summed E-state index contributed by atoms with van der Waals surface area (Å²) < 4.78 is 0. The topological polar surface area (TPSA) is 101 Å². The minimum absolute atomic E-state index is 0.118. The largest absolute Gasteiger partial charge is 0.275 e. The highest BCUT2D eigenvalue weighted by molar-refractivity contribution is 6.41. The number of carbonyl (C=O) groups excluding carboxylic acids is 4. The summed E-state index contributed by atoms with van der Waals surface area (Å²) in [6, 6.07) is 14.8. The third-order valence-electron chi connectivity index (χ3n) is 10.3. The molecule has 0 atom stereocenters. The Kier molecular flexibility index (Phi) is 7.97. The fourth-order valence-electron chi connectivity index (χ4n) is 8.01. The second-order valence-electron chi connectivity index (χ2n) is 13.2. The third-order valence-corrected chi connectivity index (χ3v) is 10.3. The maximum atomic E-state index is 14.3. The van der Waals surface area contributed by atoms with E-state index in [0.29, 0.717) is 38.0 Å². The van der Waals surface area contributed by atoms with Crippen LogP contribution in [0.5, 0.6) is 0 Å². The van der Waals surface area contributed by atoms with Crippen LogP contribution in [0.2, 0.25) is 0 Å². The fraction of sp³-hybridized carbons (Fsp3) is 0.385. The summed E-state index contributed by atoms with van der Waals surface area (Å²) >= 11 is 0. The molecule has 7 rings (SSSR count). The molecule has 0 aromatic heterocycles. The lowest BCUT2D eigenvalue weighted by atomic mass is 9.82. The first-order valence-corrected chi connectivity index (χ1v) is 17.1. The van der Waals surface area contributed by atoms with Crippen LogP contribution in [0.15, 0.2) is 48.5 Å². The molecule has 46 heavy (non-hydrogen) atoms. The van der Waals surface area contributed by atoms with E-state index >= 15 is 0 Å². The number of nitrogens with two attached hydrogens (primary N) is 1. The number of hydrogen-bond donors (Lipinski definition) is 1. The molecule has 7 heteroatoms. The minimum Gasteiger partial charge on any atom is -0.271 e. The number of hydrazine groups is 1. The summed E-state index contributed by atoms with van der Waals surface area (Å²) in [6.07, 6.45) is 13.1. The van der Waals surface area contributed by atoms with E-state index in [-0.39, 0.29) is 17.9 Å². The molecule has 0 spiro atoms. The van der Waals surface area contributed by atoms with Crippen LogP contribution in [0, 0.1) is 0 Å². The molecular weight excluding hydrogens is 574 g/mol. The van der Waals surface area contributed by atoms with E-state index in [1.807, 2.05) is 36.4 Å². The van der Waals surface area contributed by atoms with Gasteiger partial charge >= 0.3 is 0 Å². The molecule has 5 aromatic rings. The van der Waals surface area contributed by atoms with Crippen molar-refractivity contribution in [1.29, 1.82) is 0 Å². The van der Waals surface area contributed by atoms with Crippen LogP contribution in [-0.2, 0) is 0 Å². The number of rotatable bonds is 13. The average molecular weight is 616 g/mol. The zero-order valence-electron chi connectivity index (χ0n) is 26.8. The van der Waals surface area contributed by atoms with Gasteiger partial charge in [-0.15, -0.1) is 0 Å². The molecule has 4 amide bonds. The summed E-state index contributed by atoms with van der Waals surface area (Å²) in [5.74, 6) is 4.38. The predicted octanol–water partition coefficient (Wildman–Crippen LogP) is 8.89. The molecule has 7 nitrogen and oxygen atoms in total. The average Bonchev–Trinajstić information content (AvgIpc) is 3.07. The molecular formula is C39H41N3O4. The Morgan fingerprint density at radius 2 is 0.826 bits per heavy atom. The lowest BCUT2D eigenvalue weighted by molar-refractivity contribution is 0.0514. The number of fused-ring (bicyclic) bond motifs is 2.